The molecule has 1 saturated heterocycles. The summed E-state index contributed by atoms with van der Waals surface area (Å²) in [5, 5.41) is 4.84. The first-order valence-electron chi connectivity index (χ1n) is 9.46. The van der Waals surface area contributed by atoms with E-state index in [9.17, 15) is 0 Å². The fourth-order valence-electron chi connectivity index (χ4n) is 4.65. The fraction of sp³-hybridized carbons (Fsp3) is 0.600. The molecule has 2 N–H and O–H groups in total. The average Bonchev–Trinajstić information content (AvgIpc) is 3.07. The average molecular weight is 400 g/mol. The third-order valence-corrected chi connectivity index (χ3v) is 5.88. The molecule has 1 aromatic heterocycles. The number of rotatable bonds is 4. The van der Waals surface area contributed by atoms with Crippen molar-refractivity contribution < 1.29 is 4.74 Å². The molecule has 0 bridgehead atoms. The molecule has 2 fully saturated rings. The monoisotopic (exact) mass is 399 g/mol. The predicted molar refractivity (Wildman–Crippen MR) is 113 cm³/mol. The number of halogens is 2. The fourth-order valence-corrected chi connectivity index (χ4v) is 4.65. The van der Waals surface area contributed by atoms with E-state index in [1.165, 1.54) is 48.6 Å². The smallest absolute Gasteiger partial charge is 0.119 e. The van der Waals surface area contributed by atoms with Crippen LogP contribution in [0.25, 0.3) is 10.9 Å². The Morgan fingerprint density at radius 3 is 2.50 bits per heavy atom. The standard InChI is InChI=1S/C20H29N3O.2ClH/c1-24-16-7-8-19-17(13-16)18(14-22-19)20(15-5-3-2-4-6-15)23-11-9-21-10-12-23;;/h7-8,13-15,20-22H,2-6,9-12H2,1H3;2*1H/t20-;;/m1../s1. The third-order valence-electron chi connectivity index (χ3n) is 5.88. The minimum Gasteiger partial charge on any atom is -0.497 e. The van der Waals surface area contributed by atoms with Crippen LogP contribution < -0.4 is 10.1 Å². The maximum atomic E-state index is 5.48. The summed E-state index contributed by atoms with van der Waals surface area (Å²) < 4.78 is 5.48. The van der Waals surface area contributed by atoms with Gasteiger partial charge in [-0.2, -0.15) is 0 Å². The molecule has 26 heavy (non-hydrogen) atoms. The molecular formula is C20H31Cl2N3O. The second-order valence-corrected chi connectivity index (χ2v) is 7.28. The number of H-pyrrole nitrogens is 1. The SMILES string of the molecule is COc1ccc2[nH]cc([C@@H](C3CCCCC3)N3CCNCC3)c2c1.Cl.Cl. The van der Waals surface area contributed by atoms with E-state index in [-0.39, 0.29) is 24.8 Å². The molecule has 0 radical (unpaired) electrons. The number of aromatic nitrogens is 1. The van der Waals surface area contributed by atoms with Gasteiger partial charge in [-0.25, -0.2) is 0 Å². The van der Waals surface area contributed by atoms with Gasteiger partial charge in [-0.05, 0) is 42.5 Å². The summed E-state index contributed by atoms with van der Waals surface area (Å²) in [6.45, 7) is 4.51. The Hall–Kier alpha value is -0.940. The minimum atomic E-state index is 0. The van der Waals surface area contributed by atoms with Gasteiger partial charge in [0.1, 0.15) is 5.75 Å². The number of aromatic amines is 1. The number of fused-ring (bicyclic) bond motifs is 1. The summed E-state index contributed by atoms with van der Waals surface area (Å²) in [6.07, 6.45) is 9.17. The zero-order valence-corrected chi connectivity index (χ0v) is 17.1. The number of hydrogen-bond acceptors (Lipinski definition) is 3. The van der Waals surface area contributed by atoms with Gasteiger partial charge in [0, 0.05) is 49.3 Å². The maximum absolute atomic E-state index is 5.48. The van der Waals surface area contributed by atoms with Crippen LogP contribution in [0.4, 0.5) is 0 Å². The number of ether oxygens (including phenoxy) is 1. The second kappa shape index (κ2) is 9.84. The van der Waals surface area contributed by atoms with Crippen molar-refractivity contribution in [2.75, 3.05) is 33.3 Å². The van der Waals surface area contributed by atoms with E-state index in [1.807, 2.05) is 6.07 Å². The molecule has 4 rings (SSSR count). The van der Waals surface area contributed by atoms with Gasteiger partial charge in [-0.3, -0.25) is 4.90 Å². The Morgan fingerprint density at radius 2 is 1.81 bits per heavy atom. The lowest BCUT2D eigenvalue weighted by atomic mass is 9.80. The summed E-state index contributed by atoms with van der Waals surface area (Å²) in [5.41, 5.74) is 2.69. The van der Waals surface area contributed by atoms with E-state index in [1.54, 1.807) is 7.11 Å². The molecular weight excluding hydrogens is 369 g/mol. The van der Waals surface area contributed by atoms with Crippen LogP contribution in [0.15, 0.2) is 24.4 Å². The molecule has 1 aliphatic carbocycles. The van der Waals surface area contributed by atoms with Crippen molar-refractivity contribution in [3.8, 4) is 5.75 Å². The topological polar surface area (TPSA) is 40.3 Å². The molecule has 2 aliphatic rings. The third kappa shape index (κ3) is 4.30. The molecule has 2 aromatic rings. The van der Waals surface area contributed by atoms with Crippen molar-refractivity contribution in [2.45, 2.75) is 38.1 Å². The van der Waals surface area contributed by atoms with Gasteiger partial charge in [-0.15, -0.1) is 24.8 Å². The summed E-state index contributed by atoms with van der Waals surface area (Å²) in [4.78, 5) is 6.22. The molecule has 1 saturated carbocycles. The molecule has 0 unspecified atom stereocenters. The van der Waals surface area contributed by atoms with Gasteiger partial charge in [0.15, 0.2) is 0 Å². The number of piperazine rings is 1. The van der Waals surface area contributed by atoms with Crippen molar-refractivity contribution in [1.82, 2.24) is 15.2 Å². The zero-order valence-electron chi connectivity index (χ0n) is 15.5. The van der Waals surface area contributed by atoms with Gasteiger partial charge in [0.25, 0.3) is 0 Å². The lowest BCUT2D eigenvalue weighted by Gasteiger charge is -2.41. The highest BCUT2D eigenvalue weighted by Crippen LogP contribution is 2.41. The molecule has 0 spiro atoms. The molecule has 2 heterocycles. The molecule has 1 atom stereocenters. The zero-order chi connectivity index (χ0) is 16.4. The van der Waals surface area contributed by atoms with E-state index in [0.717, 1.165) is 37.8 Å². The first-order chi connectivity index (χ1) is 11.9. The van der Waals surface area contributed by atoms with Crippen LogP contribution in [-0.2, 0) is 0 Å². The molecule has 6 heteroatoms. The van der Waals surface area contributed by atoms with Crippen LogP contribution >= 0.6 is 24.8 Å². The van der Waals surface area contributed by atoms with E-state index in [4.69, 9.17) is 4.74 Å². The van der Waals surface area contributed by atoms with Crippen molar-refractivity contribution in [2.24, 2.45) is 5.92 Å². The summed E-state index contributed by atoms with van der Waals surface area (Å²) in [6, 6.07) is 6.93. The van der Waals surface area contributed by atoms with Crippen LogP contribution in [0.1, 0.15) is 43.7 Å². The predicted octanol–water partition coefficient (Wildman–Crippen LogP) is 4.55. The Morgan fingerprint density at radius 1 is 1.08 bits per heavy atom. The number of benzene rings is 1. The number of hydrogen-bond donors (Lipinski definition) is 2. The largest absolute Gasteiger partial charge is 0.497 e. The second-order valence-electron chi connectivity index (χ2n) is 7.28. The van der Waals surface area contributed by atoms with Crippen LogP contribution in [0.5, 0.6) is 5.75 Å². The number of methoxy groups -OCH3 is 1. The van der Waals surface area contributed by atoms with Crippen LogP contribution in [-0.4, -0.2) is 43.2 Å². The van der Waals surface area contributed by atoms with Crippen molar-refractivity contribution in [3.63, 3.8) is 0 Å². The van der Waals surface area contributed by atoms with Crippen molar-refractivity contribution in [1.29, 1.82) is 0 Å². The Balaban J connectivity index is 0.00000121. The summed E-state index contributed by atoms with van der Waals surface area (Å²) >= 11 is 0. The van der Waals surface area contributed by atoms with E-state index in [2.05, 4.69) is 33.5 Å². The highest BCUT2D eigenvalue weighted by Gasteiger charge is 2.32. The first-order valence-corrected chi connectivity index (χ1v) is 9.46. The highest BCUT2D eigenvalue weighted by atomic mass is 35.5. The van der Waals surface area contributed by atoms with Crippen LogP contribution in [0.2, 0.25) is 0 Å². The molecule has 1 aliphatic heterocycles. The maximum Gasteiger partial charge on any atom is 0.119 e. The lowest BCUT2D eigenvalue weighted by molar-refractivity contribution is 0.104. The Bertz CT molecular complexity index is 661. The normalized spacial score (nSPS) is 20.2. The number of nitrogens with one attached hydrogen (secondary N) is 2. The molecule has 4 nitrogen and oxygen atoms in total. The van der Waals surface area contributed by atoms with Gasteiger partial charge < -0.3 is 15.0 Å². The molecule has 146 valence electrons. The lowest BCUT2D eigenvalue weighted by Crippen LogP contribution is -2.47. The van der Waals surface area contributed by atoms with Crippen molar-refractivity contribution in [3.05, 3.63) is 30.0 Å². The van der Waals surface area contributed by atoms with Crippen LogP contribution in [0.3, 0.4) is 0 Å². The van der Waals surface area contributed by atoms with Crippen LogP contribution in [0, 0.1) is 5.92 Å². The number of nitrogens with zero attached hydrogens (tertiary/aromatic N) is 1. The Kier molecular flexibility index (Phi) is 8.08. The van der Waals surface area contributed by atoms with E-state index >= 15 is 0 Å². The van der Waals surface area contributed by atoms with Gasteiger partial charge in [0.05, 0.1) is 7.11 Å². The van der Waals surface area contributed by atoms with Gasteiger partial charge in [-0.1, -0.05) is 19.3 Å². The molecule has 0 amide bonds. The van der Waals surface area contributed by atoms with E-state index in [0.29, 0.717) is 6.04 Å². The highest BCUT2D eigenvalue weighted by molar-refractivity contribution is 5.86. The Labute approximate surface area is 168 Å². The van der Waals surface area contributed by atoms with Crippen molar-refractivity contribution >= 4 is 35.7 Å². The minimum absolute atomic E-state index is 0. The summed E-state index contributed by atoms with van der Waals surface area (Å²) in [7, 11) is 1.75. The van der Waals surface area contributed by atoms with Gasteiger partial charge >= 0.3 is 0 Å². The quantitative estimate of drug-likeness (QED) is 0.791. The van der Waals surface area contributed by atoms with Gasteiger partial charge in [0.2, 0.25) is 0 Å². The summed E-state index contributed by atoms with van der Waals surface area (Å²) in [5.74, 6) is 1.73. The van der Waals surface area contributed by atoms with E-state index < -0.39 is 0 Å². The first kappa shape index (κ1) is 21.4. The molecule has 1 aromatic carbocycles.